The van der Waals surface area contributed by atoms with Crippen LogP contribution in [0.1, 0.15) is 21.9 Å². The number of nitro benzene ring substituents is 1. The van der Waals surface area contributed by atoms with Gasteiger partial charge in [0.05, 0.1) is 21.6 Å². The molecular formula is C29H22N4O7S2. The Morgan fingerprint density at radius 1 is 1.02 bits per heavy atom. The van der Waals surface area contributed by atoms with Crippen molar-refractivity contribution in [1.82, 2.24) is 4.98 Å². The van der Waals surface area contributed by atoms with Crippen molar-refractivity contribution in [3.63, 3.8) is 0 Å². The number of para-hydroxylation sites is 2. The van der Waals surface area contributed by atoms with Crippen molar-refractivity contribution >= 4 is 57.9 Å². The number of fused-ring (bicyclic) bond motifs is 2. The van der Waals surface area contributed by atoms with Crippen LogP contribution in [0.2, 0.25) is 0 Å². The van der Waals surface area contributed by atoms with Crippen LogP contribution >= 0.6 is 23.1 Å². The summed E-state index contributed by atoms with van der Waals surface area (Å²) in [4.78, 5) is 67.4. The molecule has 3 heterocycles. The summed E-state index contributed by atoms with van der Waals surface area (Å²) in [6, 6.07) is 19.5. The van der Waals surface area contributed by atoms with E-state index in [4.69, 9.17) is 4.74 Å². The van der Waals surface area contributed by atoms with Crippen molar-refractivity contribution in [3.05, 3.63) is 109 Å². The molecule has 212 valence electrons. The summed E-state index contributed by atoms with van der Waals surface area (Å²) in [7, 11) is 0. The number of amides is 3. The fourth-order valence-corrected chi connectivity index (χ4v) is 7.75. The van der Waals surface area contributed by atoms with Crippen LogP contribution < -0.4 is 19.8 Å². The third-order valence-electron chi connectivity index (χ3n) is 7.17. The number of rotatable bonds is 7. The van der Waals surface area contributed by atoms with Gasteiger partial charge in [0.25, 0.3) is 11.6 Å². The van der Waals surface area contributed by atoms with E-state index in [1.807, 2.05) is 25.1 Å². The zero-order valence-electron chi connectivity index (χ0n) is 21.9. The second kappa shape index (κ2) is 10.9. The second-order valence-corrected chi connectivity index (χ2v) is 11.9. The first kappa shape index (κ1) is 27.4. The predicted octanol–water partition coefficient (Wildman–Crippen LogP) is 4.47. The van der Waals surface area contributed by atoms with Crippen LogP contribution in [0.5, 0.6) is 5.75 Å². The topological polar surface area (TPSA) is 152 Å². The number of thioether (sulfide) groups is 1. The lowest BCUT2D eigenvalue weighted by Crippen LogP contribution is -2.32. The zero-order valence-corrected chi connectivity index (χ0v) is 23.6. The Kier molecular flexibility index (Phi) is 7.12. The number of hydrogen-bond donors (Lipinski definition) is 2. The van der Waals surface area contributed by atoms with Crippen LogP contribution in [0.4, 0.5) is 17.1 Å². The minimum Gasteiger partial charge on any atom is -0.483 e. The van der Waals surface area contributed by atoms with Crippen molar-refractivity contribution in [1.29, 1.82) is 0 Å². The number of imide groups is 1. The molecular weight excluding hydrogens is 580 g/mol. The Morgan fingerprint density at radius 2 is 1.74 bits per heavy atom. The van der Waals surface area contributed by atoms with E-state index < -0.39 is 33.8 Å². The van der Waals surface area contributed by atoms with Crippen LogP contribution in [0.25, 0.3) is 0 Å². The summed E-state index contributed by atoms with van der Waals surface area (Å²) >= 11 is 2.08. The Hall–Kier alpha value is -4.75. The van der Waals surface area contributed by atoms with E-state index in [2.05, 4.69) is 10.3 Å². The lowest BCUT2D eigenvalue weighted by Gasteiger charge is -2.30. The fraction of sp³-hybridized carbons (Fsp3) is 0.172. The van der Waals surface area contributed by atoms with Gasteiger partial charge in [-0.25, -0.2) is 4.90 Å². The van der Waals surface area contributed by atoms with E-state index in [0.717, 1.165) is 33.6 Å². The summed E-state index contributed by atoms with van der Waals surface area (Å²) in [6.07, 6.45) is 0. The van der Waals surface area contributed by atoms with Crippen molar-refractivity contribution in [3.8, 4) is 5.75 Å². The number of non-ortho nitro benzene ring substituents is 1. The molecule has 3 aromatic carbocycles. The standard InChI is InChI=1S/C29H22N4O7S2/c1-15-6-2-4-8-19(15)30-21(34)14-40-20-9-5-3-7-18(20)22-23-25(41-26-24(22)42-29(37)31-26)28(36)32(27(23)35)16-10-12-17(13-11-16)33(38)39/h2-13,22-23,25H,14H2,1H3,(H,30,34)(H,31,37). The monoisotopic (exact) mass is 602 g/mol. The zero-order chi connectivity index (χ0) is 29.5. The summed E-state index contributed by atoms with van der Waals surface area (Å²) in [6.45, 7) is 1.57. The maximum atomic E-state index is 14.0. The molecule has 13 heteroatoms. The maximum Gasteiger partial charge on any atom is 0.305 e. The van der Waals surface area contributed by atoms with Crippen LogP contribution in [-0.4, -0.2) is 39.5 Å². The van der Waals surface area contributed by atoms with Gasteiger partial charge >= 0.3 is 4.87 Å². The number of nitrogens with one attached hydrogen (secondary N) is 2. The molecule has 2 N–H and O–H groups in total. The number of aromatic nitrogens is 1. The van der Waals surface area contributed by atoms with Crippen LogP contribution in [0, 0.1) is 23.0 Å². The van der Waals surface area contributed by atoms with Crippen LogP contribution in [0.15, 0.2) is 82.6 Å². The van der Waals surface area contributed by atoms with Gasteiger partial charge in [-0.1, -0.05) is 59.5 Å². The van der Waals surface area contributed by atoms with Gasteiger partial charge in [0.2, 0.25) is 11.8 Å². The number of anilines is 2. The van der Waals surface area contributed by atoms with Crippen molar-refractivity contribution < 1.29 is 24.0 Å². The van der Waals surface area contributed by atoms with Gasteiger partial charge < -0.3 is 15.0 Å². The minimum absolute atomic E-state index is 0.167. The first-order chi connectivity index (χ1) is 20.2. The van der Waals surface area contributed by atoms with E-state index in [1.165, 1.54) is 24.3 Å². The molecule has 2 aliphatic heterocycles. The summed E-state index contributed by atoms with van der Waals surface area (Å²) in [5.74, 6) is -2.61. The number of nitrogens with zero attached hydrogens (tertiary/aromatic N) is 2. The van der Waals surface area contributed by atoms with Gasteiger partial charge in [0.1, 0.15) is 11.0 Å². The number of aromatic amines is 1. The highest BCUT2D eigenvalue weighted by atomic mass is 32.2. The van der Waals surface area contributed by atoms with Gasteiger partial charge in [-0.15, -0.1) is 0 Å². The molecule has 6 rings (SSSR count). The van der Waals surface area contributed by atoms with Crippen molar-refractivity contribution in [2.45, 2.75) is 23.1 Å². The Balaban J connectivity index is 1.34. The van der Waals surface area contributed by atoms with E-state index in [1.54, 1.807) is 30.3 Å². The molecule has 11 nitrogen and oxygen atoms in total. The average Bonchev–Trinajstić information content (AvgIpc) is 3.47. The number of hydrogen-bond acceptors (Lipinski definition) is 9. The third-order valence-corrected chi connectivity index (χ3v) is 9.58. The molecule has 0 radical (unpaired) electrons. The van der Waals surface area contributed by atoms with E-state index in [-0.39, 0.29) is 28.8 Å². The highest BCUT2D eigenvalue weighted by molar-refractivity contribution is 8.00. The minimum atomic E-state index is -0.887. The van der Waals surface area contributed by atoms with Gasteiger partial charge in [-0.05, 0) is 36.8 Å². The molecule has 3 atom stereocenters. The lowest BCUT2D eigenvalue weighted by molar-refractivity contribution is -0.384. The van der Waals surface area contributed by atoms with E-state index in [9.17, 15) is 29.3 Å². The Labute approximate surface area is 246 Å². The first-order valence-electron chi connectivity index (χ1n) is 12.8. The largest absolute Gasteiger partial charge is 0.483 e. The molecule has 3 unspecified atom stereocenters. The third kappa shape index (κ3) is 4.86. The number of carbonyl (C=O) groups is 3. The SMILES string of the molecule is Cc1ccccc1NC(=O)COc1ccccc1C1c2sc(=O)[nH]c2SC2C(=O)N(c3ccc([N+](=O)[O-])cc3)C(=O)C21. The molecule has 1 saturated heterocycles. The number of aryl methyl sites for hydroxylation is 1. The van der Waals surface area contributed by atoms with E-state index >= 15 is 0 Å². The summed E-state index contributed by atoms with van der Waals surface area (Å²) < 4.78 is 5.97. The average molecular weight is 603 g/mol. The number of ether oxygens (including phenoxy) is 1. The van der Waals surface area contributed by atoms with Crippen molar-refractivity contribution in [2.75, 3.05) is 16.8 Å². The van der Waals surface area contributed by atoms with E-state index in [0.29, 0.717) is 26.9 Å². The highest BCUT2D eigenvalue weighted by Gasteiger charge is 2.56. The fourth-order valence-electron chi connectivity index (χ4n) is 5.24. The summed E-state index contributed by atoms with van der Waals surface area (Å²) in [5.41, 5.74) is 2.17. The molecule has 4 aromatic rings. The van der Waals surface area contributed by atoms with Crippen LogP contribution in [0.3, 0.4) is 0 Å². The van der Waals surface area contributed by atoms with Gasteiger partial charge in [-0.3, -0.25) is 29.3 Å². The first-order valence-corrected chi connectivity index (χ1v) is 14.5. The maximum absolute atomic E-state index is 14.0. The molecule has 42 heavy (non-hydrogen) atoms. The lowest BCUT2D eigenvalue weighted by atomic mass is 9.82. The van der Waals surface area contributed by atoms with Gasteiger partial charge in [-0.2, -0.15) is 0 Å². The normalized spacial score (nSPS) is 19.3. The van der Waals surface area contributed by atoms with Crippen LogP contribution in [-0.2, 0) is 14.4 Å². The quantitative estimate of drug-likeness (QED) is 0.179. The second-order valence-electron chi connectivity index (χ2n) is 9.72. The molecule has 0 aliphatic carbocycles. The highest BCUT2D eigenvalue weighted by Crippen LogP contribution is 2.54. The van der Waals surface area contributed by atoms with Gasteiger partial charge in [0.15, 0.2) is 6.61 Å². The molecule has 0 spiro atoms. The number of benzene rings is 3. The number of thiazole rings is 1. The summed E-state index contributed by atoms with van der Waals surface area (Å²) in [5, 5.41) is 13.6. The Morgan fingerprint density at radius 3 is 2.48 bits per heavy atom. The predicted molar refractivity (Wildman–Crippen MR) is 157 cm³/mol. The number of carbonyl (C=O) groups excluding carboxylic acids is 3. The smallest absolute Gasteiger partial charge is 0.305 e. The molecule has 3 amide bonds. The molecule has 1 aromatic heterocycles. The van der Waals surface area contributed by atoms with Crippen molar-refractivity contribution in [2.24, 2.45) is 5.92 Å². The van der Waals surface area contributed by atoms with Gasteiger partial charge in [0, 0.05) is 34.2 Å². The molecule has 0 bridgehead atoms. The Bertz CT molecular complexity index is 1800. The number of nitro groups is 1. The molecule has 0 saturated carbocycles. The molecule has 2 aliphatic rings. The number of H-pyrrole nitrogens is 1. The molecule has 1 fully saturated rings.